The maximum Gasteiger partial charge on any atom is 0.296 e. The van der Waals surface area contributed by atoms with Crippen molar-refractivity contribution in [3.8, 4) is 29.2 Å². The predicted octanol–water partition coefficient (Wildman–Crippen LogP) is 9.18. The number of benzene rings is 5. The monoisotopic (exact) mass is 1100 g/mol. The average Bonchev–Trinajstić information content (AvgIpc) is 3.96. The molecule has 0 aliphatic heterocycles. The van der Waals surface area contributed by atoms with E-state index in [4.69, 9.17) is 20.0 Å². The SMILES string of the molecule is Cc1c(N=Nc2cc3c(O)c(N=Nc4cc(OCCO)c(N=Nc5nc6c(S(=O)(=O)O)cc(SOOO)cc6s5)cc4OCCO)c(SOOO)cc3cc2S(=O)(=O)O)c(O)n2c(nc3ccccc32)c1C#N. The molecule has 33 heteroatoms. The largest absolute Gasteiger partial charge is 0.505 e. The molecule has 28 nitrogen and oxygen atoms in total. The molecule has 73 heavy (non-hydrogen) atoms. The van der Waals surface area contributed by atoms with Gasteiger partial charge in [-0.1, -0.05) is 33.5 Å². The van der Waals surface area contributed by atoms with Crippen LogP contribution in [0.3, 0.4) is 0 Å². The Morgan fingerprint density at radius 2 is 1.38 bits per heavy atom. The Labute approximate surface area is 420 Å². The van der Waals surface area contributed by atoms with E-state index >= 15 is 0 Å². The van der Waals surface area contributed by atoms with Gasteiger partial charge in [-0.3, -0.25) is 13.5 Å². The van der Waals surface area contributed by atoms with Crippen LogP contribution < -0.4 is 9.47 Å². The number of nitriles is 1. The van der Waals surface area contributed by atoms with E-state index in [-0.39, 0.29) is 107 Å². The van der Waals surface area contributed by atoms with E-state index in [1.165, 1.54) is 35.6 Å². The molecule has 0 radical (unpaired) electrons. The van der Waals surface area contributed by atoms with Crippen molar-refractivity contribution in [3.63, 3.8) is 0 Å². The van der Waals surface area contributed by atoms with E-state index in [2.05, 4.69) is 59.4 Å². The Morgan fingerprint density at radius 1 is 0.753 bits per heavy atom. The van der Waals surface area contributed by atoms with Gasteiger partial charge in [0, 0.05) is 28.0 Å². The number of aliphatic hydroxyl groups excluding tert-OH is 2. The molecule has 8 aromatic rings. The number of pyridine rings is 1. The fourth-order valence-corrected chi connectivity index (χ4v) is 10.2. The van der Waals surface area contributed by atoms with Crippen LogP contribution in [-0.2, 0) is 39.0 Å². The van der Waals surface area contributed by atoms with Crippen molar-refractivity contribution >= 4 is 127 Å². The molecule has 0 atom stereocenters. The number of fused-ring (bicyclic) bond motifs is 5. The number of aromatic hydroxyl groups is 2. The molecule has 0 saturated carbocycles. The van der Waals surface area contributed by atoms with Crippen molar-refractivity contribution in [2.45, 2.75) is 26.5 Å². The number of azo groups is 3. The molecule has 3 heterocycles. The molecule has 5 aromatic carbocycles. The number of hydrogen-bond donors (Lipinski definition) is 8. The molecule has 378 valence electrons. The second-order valence-electron chi connectivity index (χ2n) is 14.4. The summed E-state index contributed by atoms with van der Waals surface area (Å²) in [6.07, 6.45) is 0. The van der Waals surface area contributed by atoms with Gasteiger partial charge in [-0.25, -0.2) is 20.5 Å². The van der Waals surface area contributed by atoms with Crippen LogP contribution in [0.1, 0.15) is 11.1 Å². The summed E-state index contributed by atoms with van der Waals surface area (Å²) < 4.78 is 92.2. The molecule has 0 aliphatic rings. The van der Waals surface area contributed by atoms with Gasteiger partial charge in [0.05, 0.1) is 57.9 Å². The Balaban J connectivity index is 1.23. The zero-order chi connectivity index (χ0) is 52.2. The van der Waals surface area contributed by atoms with Crippen LogP contribution in [0.15, 0.2) is 117 Å². The van der Waals surface area contributed by atoms with Gasteiger partial charge in [-0.15, -0.1) is 39.4 Å². The van der Waals surface area contributed by atoms with Crippen LogP contribution in [0, 0.1) is 18.3 Å². The first-order valence-corrected chi connectivity index (χ1v) is 25.1. The third-order valence-electron chi connectivity index (χ3n) is 9.97. The maximum absolute atomic E-state index is 12.8. The van der Waals surface area contributed by atoms with Crippen molar-refractivity contribution in [1.29, 1.82) is 5.26 Å². The zero-order valence-corrected chi connectivity index (χ0v) is 40.4. The molecular weight excluding hydrogens is 1070 g/mol. The average molecular weight is 1100 g/mol. The number of imidazole rings is 1. The van der Waals surface area contributed by atoms with Crippen LogP contribution in [0.5, 0.6) is 23.1 Å². The van der Waals surface area contributed by atoms with Gasteiger partial charge in [0.2, 0.25) is 11.0 Å². The van der Waals surface area contributed by atoms with Crippen molar-refractivity contribution in [2.24, 2.45) is 30.7 Å². The van der Waals surface area contributed by atoms with Crippen molar-refractivity contribution in [3.05, 3.63) is 77.9 Å². The molecule has 0 spiro atoms. The zero-order valence-electron chi connectivity index (χ0n) is 36.4. The third-order valence-corrected chi connectivity index (χ3v) is 13.8. The first kappa shape index (κ1) is 52.2. The molecule has 0 fully saturated rings. The Hall–Kier alpha value is -7.11. The fourth-order valence-electron chi connectivity index (χ4n) is 6.93. The second kappa shape index (κ2) is 21.9. The summed E-state index contributed by atoms with van der Waals surface area (Å²) in [5.41, 5.74) is -0.625. The smallest absolute Gasteiger partial charge is 0.296 e. The van der Waals surface area contributed by atoms with Crippen LogP contribution >= 0.6 is 35.4 Å². The summed E-state index contributed by atoms with van der Waals surface area (Å²) in [5, 5.41) is 102. The molecule has 0 saturated heterocycles. The fraction of sp³-hybridized carbons (Fsp3) is 0.125. The van der Waals surface area contributed by atoms with E-state index < -0.39 is 66.2 Å². The van der Waals surface area contributed by atoms with Gasteiger partial charge >= 0.3 is 0 Å². The van der Waals surface area contributed by atoms with Crippen LogP contribution in [-0.4, -0.2) is 97.7 Å². The number of ether oxygens (including phenoxy) is 2. The van der Waals surface area contributed by atoms with E-state index in [1.54, 1.807) is 24.3 Å². The molecule has 0 unspecified atom stereocenters. The third kappa shape index (κ3) is 11.0. The molecule has 3 aromatic heterocycles. The van der Waals surface area contributed by atoms with Gasteiger partial charge < -0.3 is 29.9 Å². The van der Waals surface area contributed by atoms with Gasteiger partial charge in [0.1, 0.15) is 74.4 Å². The Bertz CT molecular complexity index is 3850. The van der Waals surface area contributed by atoms with E-state index in [9.17, 15) is 51.6 Å². The lowest BCUT2D eigenvalue weighted by molar-refractivity contribution is -0.432. The number of aromatic nitrogens is 3. The highest BCUT2D eigenvalue weighted by Gasteiger charge is 2.25. The Morgan fingerprint density at radius 3 is 2.03 bits per heavy atom. The number of phenolic OH excluding ortho intramolecular Hbond substituents is 1. The van der Waals surface area contributed by atoms with Crippen LogP contribution in [0.25, 0.3) is 37.7 Å². The quantitative estimate of drug-likeness (QED) is 0.0116. The van der Waals surface area contributed by atoms with Gasteiger partial charge in [0.25, 0.3) is 20.2 Å². The number of para-hydroxylation sites is 2. The summed E-state index contributed by atoms with van der Waals surface area (Å²) in [5.74, 6) is -1.50. The lowest BCUT2D eigenvalue weighted by Crippen LogP contribution is -2.04. The minimum Gasteiger partial charge on any atom is -0.505 e. The normalized spacial score (nSPS) is 12.5. The topological polar surface area (TPSA) is 414 Å². The van der Waals surface area contributed by atoms with E-state index in [1.807, 2.05) is 6.07 Å². The molecular formula is C40H30N10O18S5. The summed E-state index contributed by atoms with van der Waals surface area (Å²) >= 11 is 1.52. The molecule has 0 aliphatic carbocycles. The number of nitrogens with zero attached hydrogens (tertiary/aromatic N) is 10. The number of aliphatic hydroxyl groups is 2. The molecule has 0 bridgehead atoms. The summed E-state index contributed by atoms with van der Waals surface area (Å²) in [6.45, 7) is -0.166. The second-order valence-corrected chi connectivity index (χ2v) is 19.7. The lowest BCUT2D eigenvalue weighted by atomic mass is 10.1. The van der Waals surface area contributed by atoms with Crippen molar-refractivity contribution < 1.29 is 85.1 Å². The highest BCUT2D eigenvalue weighted by molar-refractivity contribution is 7.95. The van der Waals surface area contributed by atoms with Crippen molar-refractivity contribution in [2.75, 3.05) is 26.4 Å². The van der Waals surface area contributed by atoms with Crippen molar-refractivity contribution in [1.82, 2.24) is 14.4 Å². The van der Waals surface area contributed by atoms with Crippen LogP contribution in [0.4, 0.5) is 33.6 Å². The summed E-state index contributed by atoms with van der Waals surface area (Å²) in [7, 11) is -9.96. The standard InChI is InChI=1S/C40H30N10O18S5/c1-18-22(17-41)38-42-23-4-2-3-5-27(23)50(38)39(54)34(18)47-46-26-14-21-19(11-32(26)72(57,58)59)10-31(71-68-66-56)36(37(21)53)48-44-24-15-29(64-9-7-52)25(16-28(24)63-8-6-51)45-49-40-43-35-30(69-40)12-20(70-67-65-55)13-33(35)73(60,61)62/h2-5,10-16,51-56H,6-9H2,1H3,(H,57,58,59)(H,60,61,62). The number of thiazole rings is 1. The predicted molar refractivity (Wildman–Crippen MR) is 254 cm³/mol. The van der Waals surface area contributed by atoms with E-state index in [0.29, 0.717) is 23.1 Å². The molecule has 8 rings (SSSR count). The number of hydrogen-bond acceptors (Lipinski definition) is 28. The minimum absolute atomic E-state index is 0.0146. The highest BCUT2D eigenvalue weighted by Crippen LogP contribution is 2.49. The maximum atomic E-state index is 12.8. The van der Waals surface area contributed by atoms with Gasteiger partial charge in [-0.2, -0.15) is 22.1 Å². The van der Waals surface area contributed by atoms with Gasteiger partial charge in [-0.05, 0) is 54.8 Å². The van der Waals surface area contributed by atoms with Gasteiger partial charge in [0.15, 0.2) is 17.1 Å². The summed E-state index contributed by atoms with van der Waals surface area (Å²) in [4.78, 5) is 7.06. The Kier molecular flexibility index (Phi) is 15.7. The van der Waals surface area contributed by atoms with Crippen LogP contribution in [0.2, 0.25) is 0 Å². The molecule has 0 amide bonds. The number of rotatable bonds is 20. The van der Waals surface area contributed by atoms with E-state index in [0.717, 1.165) is 29.5 Å². The summed E-state index contributed by atoms with van der Waals surface area (Å²) in [6, 6.07) is 16.7. The first-order valence-electron chi connectivity index (χ1n) is 20.0. The highest BCUT2D eigenvalue weighted by atomic mass is 32.2. The minimum atomic E-state index is -5.11. The molecule has 8 N–H and O–H groups in total. The first-order chi connectivity index (χ1) is 35.0. The number of phenols is 1. The lowest BCUT2D eigenvalue weighted by Gasteiger charge is -2.13.